The van der Waals surface area contributed by atoms with Gasteiger partial charge in [0, 0.05) is 18.7 Å². The smallest absolute Gasteiger partial charge is 0.311 e. The molecule has 0 bridgehead atoms. The van der Waals surface area contributed by atoms with E-state index in [0.717, 1.165) is 16.3 Å². The fourth-order valence-corrected chi connectivity index (χ4v) is 3.30. The van der Waals surface area contributed by atoms with Gasteiger partial charge in [0.2, 0.25) is 4.80 Å². The summed E-state index contributed by atoms with van der Waals surface area (Å²) >= 11 is 1.43. The van der Waals surface area contributed by atoms with Crippen LogP contribution in [-0.4, -0.2) is 22.5 Å². The molecule has 2 aromatic carbocycles. The number of para-hydroxylation sites is 1. The highest BCUT2D eigenvalue weighted by molar-refractivity contribution is 7.16. The van der Waals surface area contributed by atoms with E-state index in [1.54, 1.807) is 0 Å². The van der Waals surface area contributed by atoms with Crippen molar-refractivity contribution in [3.63, 3.8) is 0 Å². The Labute approximate surface area is 146 Å². The lowest BCUT2D eigenvalue weighted by atomic mass is 10.2. The number of nitrogens with one attached hydrogen (secondary N) is 1. The van der Waals surface area contributed by atoms with E-state index in [2.05, 4.69) is 10.5 Å². The standard InChI is InChI=1S/C16H14N4O4S/c1-19-11-5-3-4-6-14(11)25-16(19)18-17-15(21)10-7-8-13(24-2)12(9-10)20(22)23/h3-9H,1-2H3,(H,17,21)/b18-16+. The van der Waals surface area contributed by atoms with Crippen LogP contribution in [0.1, 0.15) is 10.4 Å². The lowest BCUT2D eigenvalue weighted by Crippen LogP contribution is -2.23. The van der Waals surface area contributed by atoms with Crippen LogP contribution in [0.3, 0.4) is 0 Å². The third-order valence-electron chi connectivity index (χ3n) is 3.61. The predicted molar refractivity (Wildman–Crippen MR) is 93.5 cm³/mol. The molecular weight excluding hydrogens is 344 g/mol. The van der Waals surface area contributed by atoms with Crippen LogP contribution in [0.25, 0.3) is 10.2 Å². The van der Waals surface area contributed by atoms with Crippen molar-refractivity contribution < 1.29 is 14.5 Å². The molecule has 25 heavy (non-hydrogen) atoms. The fraction of sp³-hybridized carbons (Fsp3) is 0.125. The number of amides is 1. The SMILES string of the molecule is COc1ccc(C(=O)N/N=c2/sc3ccccc3n2C)cc1[N+](=O)[O-]. The van der Waals surface area contributed by atoms with Gasteiger partial charge in [0.15, 0.2) is 5.75 Å². The number of thiazole rings is 1. The Kier molecular flexibility index (Phi) is 4.48. The zero-order chi connectivity index (χ0) is 18.0. The minimum Gasteiger partial charge on any atom is -0.490 e. The van der Waals surface area contributed by atoms with Crippen molar-refractivity contribution in [2.45, 2.75) is 0 Å². The Bertz CT molecular complexity index is 1040. The van der Waals surface area contributed by atoms with E-state index in [9.17, 15) is 14.9 Å². The molecule has 1 aromatic heterocycles. The van der Waals surface area contributed by atoms with Crippen LogP contribution >= 0.6 is 11.3 Å². The zero-order valence-corrected chi connectivity index (χ0v) is 14.2. The first-order valence-corrected chi connectivity index (χ1v) is 8.04. The van der Waals surface area contributed by atoms with Crippen molar-refractivity contribution in [3.8, 4) is 5.75 Å². The van der Waals surface area contributed by atoms with Crippen molar-refractivity contribution in [1.29, 1.82) is 0 Å². The molecule has 1 amide bonds. The topological polar surface area (TPSA) is 98.8 Å². The molecule has 0 aliphatic heterocycles. The maximum Gasteiger partial charge on any atom is 0.311 e. The van der Waals surface area contributed by atoms with E-state index in [1.165, 1.54) is 30.6 Å². The maximum absolute atomic E-state index is 12.2. The van der Waals surface area contributed by atoms with Gasteiger partial charge in [-0.25, -0.2) is 5.43 Å². The number of aromatic nitrogens is 1. The lowest BCUT2D eigenvalue weighted by Gasteiger charge is -2.04. The molecule has 0 aliphatic carbocycles. The first kappa shape index (κ1) is 16.7. The van der Waals surface area contributed by atoms with Gasteiger partial charge in [0.25, 0.3) is 5.91 Å². The van der Waals surface area contributed by atoms with Crippen molar-refractivity contribution >= 4 is 33.1 Å². The van der Waals surface area contributed by atoms with Gasteiger partial charge < -0.3 is 9.30 Å². The van der Waals surface area contributed by atoms with E-state index in [-0.39, 0.29) is 17.0 Å². The highest BCUT2D eigenvalue weighted by atomic mass is 32.1. The van der Waals surface area contributed by atoms with Gasteiger partial charge >= 0.3 is 5.69 Å². The molecule has 3 aromatic rings. The summed E-state index contributed by atoms with van der Waals surface area (Å²) in [5.41, 5.74) is 3.28. The van der Waals surface area contributed by atoms with Gasteiger partial charge in [0.05, 0.1) is 22.2 Å². The first-order chi connectivity index (χ1) is 12.0. The van der Waals surface area contributed by atoms with E-state index in [4.69, 9.17) is 4.74 Å². The molecule has 0 aliphatic rings. The molecule has 0 saturated heterocycles. The van der Waals surface area contributed by atoms with Crippen LogP contribution < -0.4 is 15.0 Å². The monoisotopic (exact) mass is 358 g/mol. The summed E-state index contributed by atoms with van der Waals surface area (Å²) in [6.07, 6.45) is 0. The summed E-state index contributed by atoms with van der Waals surface area (Å²) in [5, 5.41) is 15.2. The highest BCUT2D eigenvalue weighted by Gasteiger charge is 2.18. The number of nitrogens with zero attached hydrogens (tertiary/aromatic N) is 3. The van der Waals surface area contributed by atoms with Gasteiger partial charge in [-0.2, -0.15) is 0 Å². The molecule has 0 radical (unpaired) electrons. The molecule has 0 atom stereocenters. The summed E-state index contributed by atoms with van der Waals surface area (Å²) in [6, 6.07) is 11.8. The molecule has 1 heterocycles. The average molecular weight is 358 g/mol. The number of carbonyl (C=O) groups excluding carboxylic acids is 1. The van der Waals surface area contributed by atoms with Crippen LogP contribution in [0.2, 0.25) is 0 Å². The Balaban J connectivity index is 1.90. The maximum atomic E-state index is 12.2. The number of hydrogen-bond donors (Lipinski definition) is 1. The molecule has 0 fully saturated rings. The van der Waals surface area contributed by atoms with Crippen molar-refractivity contribution in [1.82, 2.24) is 9.99 Å². The first-order valence-electron chi connectivity index (χ1n) is 7.22. The van der Waals surface area contributed by atoms with E-state index < -0.39 is 10.8 Å². The van der Waals surface area contributed by atoms with E-state index in [0.29, 0.717) is 4.80 Å². The number of aryl methyl sites for hydroxylation is 1. The van der Waals surface area contributed by atoms with Gasteiger partial charge in [-0.3, -0.25) is 14.9 Å². The van der Waals surface area contributed by atoms with Crippen molar-refractivity contribution in [2.24, 2.45) is 12.1 Å². The van der Waals surface area contributed by atoms with Gasteiger partial charge in [-0.1, -0.05) is 23.5 Å². The number of nitro benzene ring substituents is 1. The third kappa shape index (κ3) is 3.22. The molecule has 128 valence electrons. The number of benzene rings is 2. The Hall–Kier alpha value is -3.20. The Morgan fingerprint density at radius 2 is 2.08 bits per heavy atom. The summed E-state index contributed by atoms with van der Waals surface area (Å²) in [6.45, 7) is 0. The second kappa shape index (κ2) is 6.73. The molecule has 8 nitrogen and oxygen atoms in total. The number of nitro groups is 1. The number of methoxy groups -OCH3 is 1. The Morgan fingerprint density at radius 3 is 2.76 bits per heavy atom. The fourth-order valence-electron chi connectivity index (χ4n) is 2.33. The number of ether oxygens (including phenoxy) is 1. The van der Waals surface area contributed by atoms with Crippen molar-refractivity contribution in [2.75, 3.05) is 7.11 Å². The number of fused-ring (bicyclic) bond motifs is 1. The molecule has 1 N–H and O–H groups in total. The number of hydrogen-bond acceptors (Lipinski definition) is 6. The average Bonchev–Trinajstić information content (AvgIpc) is 2.95. The van der Waals surface area contributed by atoms with Crippen LogP contribution in [0.5, 0.6) is 5.75 Å². The number of carbonyl (C=O) groups is 1. The second-order valence-corrected chi connectivity index (χ2v) is 6.12. The van der Waals surface area contributed by atoms with Gasteiger partial charge in [-0.05, 0) is 24.3 Å². The summed E-state index contributed by atoms with van der Waals surface area (Å²) in [7, 11) is 3.18. The zero-order valence-electron chi connectivity index (χ0n) is 13.4. The summed E-state index contributed by atoms with van der Waals surface area (Å²) < 4.78 is 7.82. The molecule has 0 spiro atoms. The third-order valence-corrected chi connectivity index (χ3v) is 4.72. The van der Waals surface area contributed by atoms with E-state index in [1.807, 2.05) is 35.9 Å². The van der Waals surface area contributed by atoms with Gasteiger partial charge in [0.1, 0.15) is 0 Å². The Morgan fingerprint density at radius 1 is 1.32 bits per heavy atom. The molecular formula is C16H14N4O4S. The lowest BCUT2D eigenvalue weighted by molar-refractivity contribution is -0.385. The number of rotatable bonds is 4. The molecule has 3 rings (SSSR count). The van der Waals surface area contributed by atoms with Crippen molar-refractivity contribution in [3.05, 3.63) is 62.9 Å². The second-order valence-electron chi connectivity index (χ2n) is 5.11. The largest absolute Gasteiger partial charge is 0.490 e. The molecule has 0 saturated carbocycles. The molecule has 0 unspecified atom stereocenters. The minimum atomic E-state index is -0.598. The molecule has 9 heteroatoms. The normalized spacial score (nSPS) is 11.5. The van der Waals surface area contributed by atoms with Crippen LogP contribution in [0, 0.1) is 10.1 Å². The highest BCUT2D eigenvalue weighted by Crippen LogP contribution is 2.27. The summed E-state index contributed by atoms with van der Waals surface area (Å²) in [5.74, 6) is -0.447. The summed E-state index contributed by atoms with van der Waals surface area (Å²) in [4.78, 5) is 23.3. The van der Waals surface area contributed by atoms with Crippen LogP contribution in [-0.2, 0) is 7.05 Å². The van der Waals surface area contributed by atoms with E-state index >= 15 is 0 Å². The quantitative estimate of drug-likeness (QED) is 0.572. The van der Waals surface area contributed by atoms with Gasteiger partial charge in [-0.15, -0.1) is 5.10 Å². The predicted octanol–water partition coefficient (Wildman–Crippen LogP) is 2.40. The van der Waals surface area contributed by atoms with Crippen LogP contribution in [0.4, 0.5) is 5.69 Å². The minimum absolute atomic E-state index is 0.0920. The van der Waals surface area contributed by atoms with Crippen LogP contribution in [0.15, 0.2) is 47.6 Å².